The van der Waals surface area contributed by atoms with Gasteiger partial charge in [-0.15, -0.1) is 11.8 Å². The molecule has 0 spiro atoms. The van der Waals surface area contributed by atoms with E-state index in [2.05, 4.69) is 67.1 Å². The molecule has 1 aromatic heterocycles. The molecule has 2 aromatic carbocycles. The maximum absolute atomic E-state index is 6.01. The van der Waals surface area contributed by atoms with Crippen molar-refractivity contribution in [3.63, 3.8) is 0 Å². The zero-order chi connectivity index (χ0) is 17.0. The summed E-state index contributed by atoms with van der Waals surface area (Å²) >= 11 is 1.92. The number of rotatable bonds is 1. The summed E-state index contributed by atoms with van der Waals surface area (Å²) in [6, 6.07) is 17.1. The first-order valence-electron chi connectivity index (χ1n) is 8.73. The van der Waals surface area contributed by atoms with Crippen molar-refractivity contribution >= 4 is 11.8 Å². The minimum Gasteiger partial charge on any atom is -0.493 e. The quantitative estimate of drug-likeness (QED) is 0.636. The molecule has 2 aliphatic rings. The van der Waals surface area contributed by atoms with Gasteiger partial charge >= 0.3 is 0 Å². The lowest BCUT2D eigenvalue weighted by molar-refractivity contribution is 0.218. The van der Waals surface area contributed by atoms with Gasteiger partial charge in [0.1, 0.15) is 10.8 Å². The molecule has 0 fully saturated rings. The van der Waals surface area contributed by atoms with Crippen LogP contribution in [-0.2, 0) is 0 Å². The van der Waals surface area contributed by atoms with Gasteiger partial charge in [0, 0.05) is 28.7 Å². The Kier molecular flexibility index (Phi) is 3.42. The predicted octanol–water partition coefficient (Wildman–Crippen LogP) is 4.74. The average molecular weight is 348 g/mol. The zero-order valence-corrected chi connectivity index (χ0v) is 15.2. The molecule has 0 N–H and O–H groups in total. The maximum Gasteiger partial charge on any atom is 0.123 e. The average Bonchev–Trinajstić information content (AvgIpc) is 2.99. The fourth-order valence-electron chi connectivity index (χ4n) is 4.01. The second-order valence-electron chi connectivity index (χ2n) is 6.95. The van der Waals surface area contributed by atoms with Gasteiger partial charge in [0.2, 0.25) is 0 Å². The summed E-state index contributed by atoms with van der Waals surface area (Å²) in [5, 5.41) is 6.20. The van der Waals surface area contributed by atoms with E-state index in [1.165, 1.54) is 21.7 Å². The van der Waals surface area contributed by atoms with Gasteiger partial charge in [0.05, 0.1) is 18.0 Å². The molecular weight excluding hydrogens is 328 g/mol. The van der Waals surface area contributed by atoms with Crippen molar-refractivity contribution in [2.24, 2.45) is 5.92 Å². The van der Waals surface area contributed by atoms with Crippen LogP contribution < -0.4 is 4.74 Å². The Labute approximate surface area is 152 Å². The monoisotopic (exact) mass is 348 g/mol. The molecule has 3 nitrogen and oxygen atoms in total. The molecule has 126 valence electrons. The van der Waals surface area contributed by atoms with E-state index in [1.54, 1.807) is 0 Å². The van der Waals surface area contributed by atoms with Gasteiger partial charge in [-0.25, -0.2) is 4.68 Å². The number of hydrogen-bond acceptors (Lipinski definition) is 3. The van der Waals surface area contributed by atoms with Crippen LogP contribution in [0.2, 0.25) is 0 Å². The summed E-state index contributed by atoms with van der Waals surface area (Å²) in [4.78, 5) is 0. The molecule has 0 bridgehead atoms. The van der Waals surface area contributed by atoms with Crippen LogP contribution in [0.1, 0.15) is 28.3 Å². The van der Waals surface area contributed by atoms with Gasteiger partial charge in [0.25, 0.3) is 0 Å². The van der Waals surface area contributed by atoms with E-state index < -0.39 is 0 Å². The SMILES string of the molecule is Cc1ccc(-n2nc(C)c3c2SC[C@@H]2COc4ccccc4[C@H]32)cc1. The van der Waals surface area contributed by atoms with Gasteiger partial charge < -0.3 is 4.74 Å². The topological polar surface area (TPSA) is 27.1 Å². The minimum atomic E-state index is 0.389. The first kappa shape index (κ1) is 15.1. The van der Waals surface area contributed by atoms with E-state index >= 15 is 0 Å². The zero-order valence-electron chi connectivity index (χ0n) is 14.4. The van der Waals surface area contributed by atoms with Gasteiger partial charge in [-0.05, 0) is 32.0 Å². The molecule has 5 rings (SSSR count). The first-order valence-corrected chi connectivity index (χ1v) is 9.72. The van der Waals surface area contributed by atoms with Gasteiger partial charge in [-0.1, -0.05) is 35.9 Å². The lowest BCUT2D eigenvalue weighted by Crippen LogP contribution is -2.31. The Morgan fingerprint density at radius 3 is 2.72 bits per heavy atom. The van der Waals surface area contributed by atoms with E-state index in [0.717, 1.165) is 29.5 Å². The molecule has 0 aliphatic carbocycles. The third-order valence-corrected chi connectivity index (χ3v) is 6.53. The highest BCUT2D eigenvalue weighted by Gasteiger charge is 2.40. The summed E-state index contributed by atoms with van der Waals surface area (Å²) in [6.45, 7) is 5.06. The van der Waals surface area contributed by atoms with Crippen LogP contribution in [0.15, 0.2) is 53.6 Å². The van der Waals surface area contributed by atoms with Crippen LogP contribution in [-0.4, -0.2) is 22.1 Å². The molecule has 0 saturated heterocycles. The summed E-state index contributed by atoms with van der Waals surface area (Å²) in [6.07, 6.45) is 0. The van der Waals surface area contributed by atoms with Crippen LogP contribution in [0.3, 0.4) is 0 Å². The third-order valence-electron chi connectivity index (χ3n) is 5.26. The normalized spacial score (nSPS) is 21.0. The van der Waals surface area contributed by atoms with Crippen molar-refractivity contribution in [1.29, 1.82) is 0 Å². The summed E-state index contributed by atoms with van der Waals surface area (Å²) in [7, 11) is 0. The van der Waals surface area contributed by atoms with Crippen LogP contribution in [0.5, 0.6) is 5.75 Å². The molecule has 0 saturated carbocycles. The number of nitrogens with zero attached hydrogens (tertiary/aromatic N) is 2. The van der Waals surface area contributed by atoms with E-state index in [0.29, 0.717) is 11.8 Å². The Morgan fingerprint density at radius 2 is 1.88 bits per heavy atom. The Balaban J connectivity index is 1.68. The fraction of sp³-hybridized carbons (Fsp3) is 0.286. The predicted molar refractivity (Wildman–Crippen MR) is 101 cm³/mol. The summed E-state index contributed by atoms with van der Waals surface area (Å²) in [5.41, 5.74) is 6.24. The van der Waals surface area contributed by atoms with Crippen molar-refractivity contribution in [1.82, 2.24) is 9.78 Å². The minimum absolute atomic E-state index is 0.389. The van der Waals surface area contributed by atoms with Crippen molar-refractivity contribution in [2.45, 2.75) is 24.8 Å². The van der Waals surface area contributed by atoms with Gasteiger partial charge in [-0.3, -0.25) is 0 Å². The Hall–Kier alpha value is -2.20. The highest BCUT2D eigenvalue weighted by atomic mass is 32.2. The van der Waals surface area contributed by atoms with Crippen LogP contribution >= 0.6 is 11.8 Å². The number of aromatic nitrogens is 2. The number of thioether (sulfide) groups is 1. The van der Waals surface area contributed by atoms with Gasteiger partial charge in [0.15, 0.2) is 0 Å². The molecule has 0 radical (unpaired) electrons. The van der Waals surface area contributed by atoms with Crippen molar-refractivity contribution in [2.75, 3.05) is 12.4 Å². The van der Waals surface area contributed by atoms with Gasteiger partial charge in [-0.2, -0.15) is 5.10 Å². The Morgan fingerprint density at radius 1 is 1.08 bits per heavy atom. The number of para-hydroxylation sites is 1. The molecule has 3 aromatic rings. The standard InChI is InChI=1S/C21H20N2OS/c1-13-7-9-16(10-8-13)23-21-19(14(2)22-23)20-15(12-25-21)11-24-18-6-4-3-5-17(18)20/h3-10,15,20H,11-12H2,1-2H3/t15-,20+/m0/s1. The second-order valence-corrected chi connectivity index (χ2v) is 7.96. The number of aryl methyl sites for hydroxylation is 2. The largest absolute Gasteiger partial charge is 0.493 e. The lowest BCUT2D eigenvalue weighted by Gasteiger charge is -2.37. The van der Waals surface area contributed by atoms with Crippen molar-refractivity contribution in [3.8, 4) is 11.4 Å². The molecule has 3 heterocycles. The molecular formula is C21H20N2OS. The molecule has 25 heavy (non-hydrogen) atoms. The second kappa shape index (κ2) is 5.67. The smallest absolute Gasteiger partial charge is 0.123 e. The van der Waals surface area contributed by atoms with E-state index in [-0.39, 0.29) is 0 Å². The molecule has 4 heteroatoms. The summed E-state index contributed by atoms with van der Waals surface area (Å²) in [5.74, 6) is 3.01. The fourth-order valence-corrected chi connectivity index (χ4v) is 5.37. The molecule has 2 aliphatic heterocycles. The van der Waals surface area contributed by atoms with Crippen molar-refractivity contribution in [3.05, 3.63) is 70.9 Å². The third kappa shape index (κ3) is 2.31. The highest BCUT2D eigenvalue weighted by molar-refractivity contribution is 7.99. The van der Waals surface area contributed by atoms with E-state index in [1.807, 2.05) is 11.8 Å². The molecule has 0 unspecified atom stereocenters. The van der Waals surface area contributed by atoms with Crippen LogP contribution in [0, 0.1) is 19.8 Å². The Bertz CT molecular complexity index is 945. The van der Waals surface area contributed by atoms with Crippen molar-refractivity contribution < 1.29 is 4.74 Å². The van der Waals surface area contributed by atoms with E-state index in [9.17, 15) is 0 Å². The van der Waals surface area contributed by atoms with E-state index in [4.69, 9.17) is 9.84 Å². The number of hydrogen-bond donors (Lipinski definition) is 0. The van der Waals surface area contributed by atoms with Crippen LogP contribution in [0.4, 0.5) is 0 Å². The van der Waals surface area contributed by atoms with Crippen LogP contribution in [0.25, 0.3) is 5.69 Å². The summed E-state index contributed by atoms with van der Waals surface area (Å²) < 4.78 is 8.14. The lowest BCUT2D eigenvalue weighted by atomic mass is 9.80. The number of fused-ring (bicyclic) bond motifs is 5. The number of ether oxygens (including phenoxy) is 1. The molecule has 2 atom stereocenters. The molecule has 0 amide bonds. The maximum atomic E-state index is 6.01. The number of benzene rings is 2. The highest BCUT2D eigenvalue weighted by Crippen LogP contribution is 2.50. The first-order chi connectivity index (χ1) is 12.2.